The number of amides is 1. The minimum atomic E-state index is -5.09. The lowest BCUT2D eigenvalue weighted by molar-refractivity contribution is -0.143. The molecule has 0 aliphatic rings. The average molecular weight is 520 g/mol. The largest absolute Gasteiger partial charge is 0.416 e. The molecule has 188 valence electrons. The zero-order valence-electron chi connectivity index (χ0n) is 18.3. The summed E-state index contributed by atoms with van der Waals surface area (Å²) in [6, 6.07) is 2.55. The summed E-state index contributed by atoms with van der Waals surface area (Å²) in [4.78, 5) is 20.7. The Bertz CT molecular complexity index is 1330. The number of hydrogen-bond acceptors (Lipinski definition) is 6. The van der Waals surface area contributed by atoms with E-state index in [-0.39, 0.29) is 17.7 Å². The van der Waals surface area contributed by atoms with E-state index in [1.165, 1.54) is 42.4 Å². The van der Waals surface area contributed by atoms with Crippen molar-refractivity contribution in [2.45, 2.75) is 25.3 Å². The van der Waals surface area contributed by atoms with Gasteiger partial charge in [0.05, 0.1) is 22.9 Å². The second kappa shape index (κ2) is 9.28. The maximum atomic E-state index is 13.1. The fraction of sp³-hybridized carbons (Fsp3) is 0.300. The summed E-state index contributed by atoms with van der Waals surface area (Å²) in [7, 11) is -2.48. The van der Waals surface area contributed by atoms with E-state index >= 15 is 0 Å². The van der Waals surface area contributed by atoms with Crippen molar-refractivity contribution in [2.24, 2.45) is 4.36 Å². The molecule has 3 rings (SSSR count). The minimum Gasteiger partial charge on any atom is -0.342 e. The summed E-state index contributed by atoms with van der Waals surface area (Å²) in [5.74, 6) is -0.918. The Morgan fingerprint density at radius 2 is 1.63 bits per heavy atom. The second-order valence-electron chi connectivity index (χ2n) is 7.66. The molecule has 8 nitrogen and oxygen atoms in total. The molecule has 0 saturated carbocycles. The van der Waals surface area contributed by atoms with Crippen molar-refractivity contribution in [3.05, 3.63) is 65.4 Å². The first-order chi connectivity index (χ1) is 16.0. The number of pyridine rings is 1. The van der Waals surface area contributed by atoms with Crippen molar-refractivity contribution >= 4 is 21.3 Å². The lowest BCUT2D eigenvalue weighted by Crippen LogP contribution is -2.29. The molecule has 0 spiro atoms. The van der Waals surface area contributed by atoms with Gasteiger partial charge in [-0.15, -0.1) is 0 Å². The van der Waals surface area contributed by atoms with Crippen LogP contribution in [0, 0.1) is 0 Å². The molecule has 0 saturated heterocycles. The van der Waals surface area contributed by atoms with Gasteiger partial charge in [-0.3, -0.25) is 4.79 Å². The standard InChI is InChI=1S/C20H18F6N6O2S/c1-11(17-28-10-29-32(17)16-9-15(4-5-27-16)31-35(2,3)34)30-18(33)12-6-13(19(21,22)23)8-14(7-12)20(24,25)26/h4-11H,1-3H3,(H,30,33)/t11-/m0/s1. The molecule has 0 radical (unpaired) electrons. The van der Waals surface area contributed by atoms with Crippen molar-refractivity contribution in [1.29, 1.82) is 0 Å². The maximum absolute atomic E-state index is 13.1. The number of alkyl halides is 6. The van der Waals surface area contributed by atoms with Crippen LogP contribution in [0.15, 0.2) is 47.2 Å². The van der Waals surface area contributed by atoms with Gasteiger partial charge in [-0.25, -0.2) is 14.2 Å². The van der Waals surface area contributed by atoms with Gasteiger partial charge in [0.1, 0.15) is 6.33 Å². The molecular formula is C20H18F6N6O2S. The van der Waals surface area contributed by atoms with Crippen LogP contribution in [-0.4, -0.2) is 42.4 Å². The predicted octanol–water partition coefficient (Wildman–Crippen LogP) is 4.55. The first-order valence-corrected chi connectivity index (χ1v) is 12.0. The number of nitrogens with one attached hydrogen (secondary N) is 1. The minimum absolute atomic E-state index is 0.0640. The number of carbonyl (C=O) groups is 1. The number of nitrogens with zero attached hydrogens (tertiary/aromatic N) is 5. The Hall–Kier alpha value is -3.49. The number of aromatic nitrogens is 4. The number of halogens is 6. The lowest BCUT2D eigenvalue weighted by atomic mass is 10.0. The summed E-state index contributed by atoms with van der Waals surface area (Å²) >= 11 is 0. The van der Waals surface area contributed by atoms with Gasteiger partial charge in [0, 0.05) is 40.1 Å². The Labute approximate surface area is 195 Å². The quantitative estimate of drug-likeness (QED) is 0.498. The molecule has 1 atom stereocenters. The van der Waals surface area contributed by atoms with Gasteiger partial charge in [-0.2, -0.15) is 40.5 Å². The van der Waals surface area contributed by atoms with Gasteiger partial charge in [-0.05, 0) is 31.2 Å². The van der Waals surface area contributed by atoms with Gasteiger partial charge in [0.2, 0.25) is 0 Å². The number of carbonyl (C=O) groups excluding carboxylic acids is 1. The normalized spacial score (nSPS) is 13.4. The summed E-state index contributed by atoms with van der Waals surface area (Å²) in [6.07, 6.45) is -4.82. The fourth-order valence-electron chi connectivity index (χ4n) is 2.99. The van der Waals surface area contributed by atoms with Crippen LogP contribution in [0.25, 0.3) is 5.82 Å². The van der Waals surface area contributed by atoms with Gasteiger partial charge in [0.25, 0.3) is 5.91 Å². The van der Waals surface area contributed by atoms with Crippen molar-refractivity contribution in [1.82, 2.24) is 25.1 Å². The topological polar surface area (TPSA) is 102 Å². The molecule has 15 heteroatoms. The third-order valence-corrected chi connectivity index (χ3v) is 5.08. The highest BCUT2D eigenvalue weighted by Gasteiger charge is 2.37. The molecule has 1 amide bonds. The molecule has 0 unspecified atom stereocenters. The second-order valence-corrected chi connectivity index (χ2v) is 10.2. The maximum Gasteiger partial charge on any atom is 0.416 e. The Kier molecular flexibility index (Phi) is 6.93. The van der Waals surface area contributed by atoms with Crippen LogP contribution in [0.5, 0.6) is 0 Å². The molecule has 0 bridgehead atoms. The summed E-state index contributed by atoms with van der Waals surface area (Å²) in [5, 5.41) is 6.32. The highest BCUT2D eigenvalue weighted by molar-refractivity contribution is 7.92. The van der Waals surface area contributed by atoms with Crippen molar-refractivity contribution < 1.29 is 35.3 Å². The molecule has 0 aliphatic carbocycles. The monoisotopic (exact) mass is 520 g/mol. The molecular weight excluding hydrogens is 502 g/mol. The SMILES string of the molecule is C[C@H](NC(=O)c1cc(C(F)(F)F)cc(C(F)(F)F)c1)c1ncnn1-c1cc(N=S(C)(C)=O)ccn1. The smallest absolute Gasteiger partial charge is 0.342 e. The number of benzene rings is 1. The first kappa shape index (κ1) is 26.1. The van der Waals surface area contributed by atoms with Crippen molar-refractivity contribution in [3.63, 3.8) is 0 Å². The van der Waals surface area contributed by atoms with Crippen LogP contribution in [0.4, 0.5) is 32.0 Å². The third kappa shape index (κ3) is 6.55. The van der Waals surface area contributed by atoms with Crippen LogP contribution in [-0.2, 0) is 22.1 Å². The van der Waals surface area contributed by atoms with E-state index in [2.05, 4.69) is 24.7 Å². The third-order valence-electron chi connectivity index (χ3n) is 4.43. The van der Waals surface area contributed by atoms with E-state index in [9.17, 15) is 35.3 Å². The zero-order chi connectivity index (χ0) is 26.2. The Morgan fingerprint density at radius 3 is 2.17 bits per heavy atom. The van der Waals surface area contributed by atoms with E-state index < -0.39 is 50.7 Å². The van der Waals surface area contributed by atoms with Gasteiger partial charge in [0.15, 0.2) is 11.6 Å². The molecule has 1 N–H and O–H groups in total. The van der Waals surface area contributed by atoms with Crippen molar-refractivity contribution in [2.75, 3.05) is 12.5 Å². The molecule has 2 heterocycles. The fourth-order valence-corrected chi connectivity index (χ4v) is 3.61. The zero-order valence-corrected chi connectivity index (χ0v) is 19.2. The summed E-state index contributed by atoms with van der Waals surface area (Å²) in [5.41, 5.74) is -3.72. The van der Waals surface area contributed by atoms with Crippen LogP contribution in [0.2, 0.25) is 0 Å². The Balaban J connectivity index is 1.93. The van der Waals surface area contributed by atoms with E-state index in [0.29, 0.717) is 17.8 Å². The predicted molar refractivity (Wildman–Crippen MR) is 114 cm³/mol. The lowest BCUT2D eigenvalue weighted by Gasteiger charge is -2.17. The van der Waals surface area contributed by atoms with Crippen LogP contribution >= 0.6 is 0 Å². The highest BCUT2D eigenvalue weighted by atomic mass is 32.2. The molecule has 2 aromatic heterocycles. The van der Waals surface area contributed by atoms with Gasteiger partial charge < -0.3 is 5.32 Å². The first-order valence-electron chi connectivity index (χ1n) is 9.68. The number of rotatable bonds is 5. The van der Waals surface area contributed by atoms with E-state index in [4.69, 9.17) is 0 Å². The van der Waals surface area contributed by atoms with Crippen LogP contribution in [0.1, 0.15) is 40.3 Å². The average Bonchev–Trinajstić information content (AvgIpc) is 3.21. The Morgan fingerprint density at radius 1 is 1.03 bits per heavy atom. The van der Waals surface area contributed by atoms with Gasteiger partial charge >= 0.3 is 12.4 Å². The summed E-state index contributed by atoms with van der Waals surface area (Å²) in [6.45, 7) is 1.41. The van der Waals surface area contributed by atoms with Crippen LogP contribution in [0.3, 0.4) is 0 Å². The summed E-state index contributed by atoms with van der Waals surface area (Å²) < 4.78 is 95.8. The molecule has 1 aromatic carbocycles. The van der Waals surface area contributed by atoms with Crippen LogP contribution < -0.4 is 5.32 Å². The number of hydrogen-bond donors (Lipinski definition) is 1. The molecule has 0 aliphatic heterocycles. The van der Waals surface area contributed by atoms with Gasteiger partial charge in [-0.1, -0.05) is 0 Å². The van der Waals surface area contributed by atoms with E-state index in [1.54, 1.807) is 0 Å². The van der Waals surface area contributed by atoms with Crippen molar-refractivity contribution in [3.8, 4) is 5.82 Å². The molecule has 35 heavy (non-hydrogen) atoms. The van der Waals surface area contributed by atoms with E-state index in [0.717, 1.165) is 6.33 Å². The molecule has 0 fully saturated rings. The van der Waals surface area contributed by atoms with E-state index in [1.807, 2.05) is 0 Å². The molecule has 3 aromatic rings. The highest BCUT2D eigenvalue weighted by Crippen LogP contribution is 2.36.